The number of aryl methyl sites for hydroxylation is 2. The van der Waals surface area contributed by atoms with E-state index in [1.54, 1.807) is 0 Å². The molecule has 1 rings (SSSR count). The molecule has 0 amide bonds. The van der Waals surface area contributed by atoms with Crippen LogP contribution >= 0.6 is 0 Å². The molecule has 0 heterocycles. The van der Waals surface area contributed by atoms with Gasteiger partial charge in [0.1, 0.15) is 0 Å². The topological polar surface area (TPSA) is 0 Å². The lowest BCUT2D eigenvalue weighted by Gasteiger charge is -2.04. The van der Waals surface area contributed by atoms with E-state index >= 15 is 0 Å². The van der Waals surface area contributed by atoms with Crippen LogP contribution < -0.4 is 0 Å². The predicted octanol–water partition coefficient (Wildman–Crippen LogP) is 3.73. The van der Waals surface area contributed by atoms with Gasteiger partial charge in [-0.15, -0.1) is 0 Å². The van der Waals surface area contributed by atoms with E-state index in [2.05, 4.69) is 52.0 Å². The molecule has 0 N–H and O–H groups in total. The molecule has 0 aliphatic rings. The second-order valence-corrected chi connectivity index (χ2v) is 3.35. The van der Waals surface area contributed by atoms with Gasteiger partial charge in [0, 0.05) is 0 Å². The van der Waals surface area contributed by atoms with Gasteiger partial charge in [-0.05, 0) is 38.8 Å². The van der Waals surface area contributed by atoms with Crippen molar-refractivity contribution in [3.05, 3.63) is 41.0 Å². The van der Waals surface area contributed by atoms with Crippen molar-refractivity contribution in [2.45, 2.75) is 27.7 Å². The van der Waals surface area contributed by atoms with Crippen LogP contribution in [-0.4, -0.2) is 0 Å². The molecule has 0 heteroatoms. The number of hydrogen-bond donors (Lipinski definition) is 0. The zero-order valence-corrected chi connectivity index (χ0v) is 8.31. The van der Waals surface area contributed by atoms with Gasteiger partial charge in [0.25, 0.3) is 0 Å². The molecule has 12 heavy (non-hydrogen) atoms. The van der Waals surface area contributed by atoms with Crippen LogP contribution in [0.1, 0.15) is 30.5 Å². The molecule has 0 fully saturated rings. The first kappa shape index (κ1) is 9.05. The van der Waals surface area contributed by atoms with Crippen LogP contribution in [-0.2, 0) is 0 Å². The van der Waals surface area contributed by atoms with E-state index in [1.165, 1.54) is 22.3 Å². The molecule has 1 aromatic carbocycles. The molecular weight excluding hydrogens is 144 g/mol. The predicted molar refractivity (Wildman–Crippen MR) is 55.2 cm³/mol. The second-order valence-electron chi connectivity index (χ2n) is 3.35. The molecular formula is C12H16. The smallest absolute Gasteiger partial charge is 0.0225 e. The fourth-order valence-corrected chi connectivity index (χ4v) is 1.37. The normalized spacial score (nSPS) is 11.8. The van der Waals surface area contributed by atoms with E-state index < -0.39 is 0 Å². The van der Waals surface area contributed by atoms with Crippen LogP contribution in [0.2, 0.25) is 0 Å². The van der Waals surface area contributed by atoms with Gasteiger partial charge in [-0.25, -0.2) is 0 Å². The lowest BCUT2D eigenvalue weighted by Crippen LogP contribution is -1.83. The maximum atomic E-state index is 2.22. The summed E-state index contributed by atoms with van der Waals surface area (Å²) in [6, 6.07) is 6.65. The zero-order valence-electron chi connectivity index (χ0n) is 8.31. The van der Waals surface area contributed by atoms with Gasteiger partial charge in [0.15, 0.2) is 0 Å². The van der Waals surface area contributed by atoms with Crippen molar-refractivity contribution < 1.29 is 0 Å². The largest absolute Gasteiger partial charge is 0.0841 e. The van der Waals surface area contributed by atoms with E-state index in [4.69, 9.17) is 0 Å². The van der Waals surface area contributed by atoms with E-state index in [-0.39, 0.29) is 0 Å². The molecule has 0 nitrogen and oxygen atoms in total. The van der Waals surface area contributed by atoms with E-state index in [1.807, 2.05) is 0 Å². The summed E-state index contributed by atoms with van der Waals surface area (Å²) < 4.78 is 0. The number of rotatable bonds is 1. The van der Waals surface area contributed by atoms with Crippen LogP contribution in [0.25, 0.3) is 5.57 Å². The highest BCUT2D eigenvalue weighted by Gasteiger charge is 1.96. The van der Waals surface area contributed by atoms with Crippen LogP contribution in [0.15, 0.2) is 24.3 Å². The Bertz CT molecular complexity index is 286. The van der Waals surface area contributed by atoms with Crippen molar-refractivity contribution in [3.63, 3.8) is 0 Å². The van der Waals surface area contributed by atoms with Crippen LogP contribution in [0.4, 0.5) is 0 Å². The first-order valence-electron chi connectivity index (χ1n) is 4.35. The lowest BCUT2D eigenvalue weighted by molar-refractivity contribution is 1.36. The molecule has 0 aromatic heterocycles. The summed E-state index contributed by atoms with van der Waals surface area (Å²) in [5.41, 5.74) is 5.37. The Morgan fingerprint density at radius 2 is 1.58 bits per heavy atom. The Hall–Kier alpha value is -1.04. The monoisotopic (exact) mass is 160 g/mol. The van der Waals surface area contributed by atoms with Crippen molar-refractivity contribution in [1.29, 1.82) is 0 Å². The molecule has 0 atom stereocenters. The molecule has 0 unspecified atom stereocenters. The lowest BCUT2D eigenvalue weighted by atomic mass is 10.0. The first-order valence-corrected chi connectivity index (χ1v) is 4.35. The highest BCUT2D eigenvalue weighted by molar-refractivity contribution is 5.64. The summed E-state index contributed by atoms with van der Waals surface area (Å²) in [7, 11) is 0. The highest BCUT2D eigenvalue weighted by atomic mass is 14.0. The third-order valence-electron chi connectivity index (χ3n) is 2.11. The minimum Gasteiger partial charge on any atom is -0.0841 e. The quantitative estimate of drug-likeness (QED) is 0.587. The molecule has 0 saturated carbocycles. The summed E-state index contributed by atoms with van der Waals surface area (Å²) in [4.78, 5) is 0. The van der Waals surface area contributed by atoms with Crippen molar-refractivity contribution in [2.24, 2.45) is 0 Å². The van der Waals surface area contributed by atoms with E-state index in [0.717, 1.165) is 0 Å². The molecule has 0 spiro atoms. The average Bonchev–Trinajstić information content (AvgIpc) is 2.01. The summed E-state index contributed by atoms with van der Waals surface area (Å²) in [5, 5.41) is 0. The van der Waals surface area contributed by atoms with Crippen LogP contribution in [0, 0.1) is 13.8 Å². The maximum Gasteiger partial charge on any atom is -0.0225 e. The second kappa shape index (κ2) is 3.57. The zero-order chi connectivity index (χ0) is 9.14. The fourth-order valence-electron chi connectivity index (χ4n) is 1.37. The maximum absolute atomic E-state index is 2.22. The summed E-state index contributed by atoms with van der Waals surface area (Å²) in [6.45, 7) is 8.50. The van der Waals surface area contributed by atoms with Gasteiger partial charge in [-0.1, -0.05) is 35.4 Å². The first-order chi connectivity index (χ1) is 5.63. The van der Waals surface area contributed by atoms with E-state index in [9.17, 15) is 0 Å². The van der Waals surface area contributed by atoms with Gasteiger partial charge < -0.3 is 0 Å². The third kappa shape index (κ3) is 1.97. The molecule has 0 aliphatic heterocycles. The average molecular weight is 160 g/mol. The Kier molecular flexibility index (Phi) is 2.69. The van der Waals surface area contributed by atoms with Crippen LogP contribution in [0.3, 0.4) is 0 Å². The number of allylic oxidation sites excluding steroid dienone is 2. The van der Waals surface area contributed by atoms with Crippen molar-refractivity contribution in [1.82, 2.24) is 0 Å². The Morgan fingerprint density at radius 1 is 1.08 bits per heavy atom. The van der Waals surface area contributed by atoms with Crippen LogP contribution in [0.5, 0.6) is 0 Å². The number of benzene rings is 1. The third-order valence-corrected chi connectivity index (χ3v) is 2.11. The van der Waals surface area contributed by atoms with Crippen molar-refractivity contribution in [3.8, 4) is 0 Å². The van der Waals surface area contributed by atoms with Gasteiger partial charge in [-0.3, -0.25) is 0 Å². The minimum atomic E-state index is 1.34. The van der Waals surface area contributed by atoms with Crippen molar-refractivity contribution >= 4 is 5.57 Å². The summed E-state index contributed by atoms with van der Waals surface area (Å²) >= 11 is 0. The Labute approximate surface area is 74.9 Å². The molecule has 0 bridgehead atoms. The molecule has 0 aliphatic carbocycles. The fraction of sp³-hybridized carbons (Fsp3) is 0.333. The molecule has 0 radical (unpaired) electrons. The minimum absolute atomic E-state index is 1.34. The number of hydrogen-bond acceptors (Lipinski definition) is 0. The van der Waals surface area contributed by atoms with Gasteiger partial charge in [-0.2, -0.15) is 0 Å². The highest BCUT2D eigenvalue weighted by Crippen LogP contribution is 2.16. The summed E-state index contributed by atoms with van der Waals surface area (Å²) in [5.74, 6) is 0. The van der Waals surface area contributed by atoms with Gasteiger partial charge in [0.2, 0.25) is 0 Å². The molecule has 1 aromatic rings. The summed E-state index contributed by atoms with van der Waals surface area (Å²) in [6.07, 6.45) is 2.15. The van der Waals surface area contributed by atoms with Crippen molar-refractivity contribution in [2.75, 3.05) is 0 Å². The Morgan fingerprint density at radius 3 is 2.00 bits per heavy atom. The standard InChI is InChI=1S/C12H16/c1-5-11(4)12-7-9(2)6-10(3)8-12/h5-8H,1-4H3. The van der Waals surface area contributed by atoms with Gasteiger partial charge >= 0.3 is 0 Å². The SMILES string of the molecule is CC=C(C)c1cc(C)cc(C)c1. The molecule has 64 valence electrons. The van der Waals surface area contributed by atoms with Gasteiger partial charge in [0.05, 0.1) is 0 Å². The molecule has 0 saturated heterocycles. The Balaban J connectivity index is 3.17. The van der Waals surface area contributed by atoms with E-state index in [0.29, 0.717) is 0 Å².